The van der Waals surface area contributed by atoms with Crippen LogP contribution in [0.5, 0.6) is 0 Å². The molecule has 6 heterocycles. The van der Waals surface area contributed by atoms with Gasteiger partial charge in [0, 0.05) is 0 Å². The normalized spacial score (nSPS) is 51.0. The van der Waals surface area contributed by atoms with Crippen LogP contribution < -0.4 is 0 Å². The summed E-state index contributed by atoms with van der Waals surface area (Å²) >= 11 is 0. The monoisotopic (exact) mass is 498 g/mol. The Labute approximate surface area is 206 Å². The number of rotatable bonds is 3. The highest BCUT2D eigenvalue weighted by Gasteiger charge is 2.61. The quantitative estimate of drug-likeness (QED) is 0.540. The summed E-state index contributed by atoms with van der Waals surface area (Å²) in [5.74, 6) is -2.89. The summed E-state index contributed by atoms with van der Waals surface area (Å²) in [5, 5.41) is 0. The van der Waals surface area contributed by atoms with Gasteiger partial charge in [0.2, 0.25) is 0 Å². The van der Waals surface area contributed by atoms with E-state index in [1.54, 1.807) is 0 Å². The van der Waals surface area contributed by atoms with Crippen LogP contribution in [0.1, 0.15) is 55.4 Å². The van der Waals surface area contributed by atoms with Crippen molar-refractivity contribution < 1.29 is 47.4 Å². The Bertz CT molecular complexity index is 868. The Kier molecular flexibility index (Phi) is 5.58. The summed E-state index contributed by atoms with van der Waals surface area (Å²) in [4.78, 5) is 0. The van der Waals surface area contributed by atoms with Gasteiger partial charge in [-0.3, -0.25) is 0 Å². The Morgan fingerprint density at radius 3 is 1.54 bits per heavy atom. The van der Waals surface area contributed by atoms with E-state index in [-0.39, 0.29) is 48.8 Å². The van der Waals surface area contributed by atoms with Gasteiger partial charge in [-0.2, -0.15) is 0 Å². The van der Waals surface area contributed by atoms with Crippen LogP contribution in [0.15, 0.2) is 12.2 Å². The van der Waals surface area contributed by atoms with Crippen LogP contribution in [0.3, 0.4) is 0 Å². The van der Waals surface area contributed by atoms with E-state index in [1.807, 2.05) is 67.5 Å². The average molecular weight is 499 g/mol. The topological polar surface area (TPSA) is 92.3 Å². The minimum absolute atomic E-state index is 0.247. The Hall–Kier alpha value is -0.660. The van der Waals surface area contributed by atoms with Crippen molar-refractivity contribution in [3.63, 3.8) is 0 Å². The maximum absolute atomic E-state index is 6.44. The molecule has 198 valence electrons. The van der Waals surface area contributed by atoms with Crippen molar-refractivity contribution in [2.24, 2.45) is 0 Å². The first-order valence-corrected chi connectivity index (χ1v) is 12.6. The second-order valence-corrected chi connectivity index (χ2v) is 12.0. The van der Waals surface area contributed by atoms with E-state index in [9.17, 15) is 0 Å². The number of ether oxygens (including phenoxy) is 10. The molecule has 0 unspecified atom stereocenters. The van der Waals surface area contributed by atoms with Crippen molar-refractivity contribution in [2.75, 3.05) is 6.61 Å². The molecule has 0 radical (unpaired) electrons. The zero-order valence-electron chi connectivity index (χ0n) is 21.7. The van der Waals surface area contributed by atoms with Gasteiger partial charge in [0.15, 0.2) is 29.4 Å². The van der Waals surface area contributed by atoms with Gasteiger partial charge in [0.05, 0.1) is 6.61 Å². The number of hydrogen-bond acceptors (Lipinski definition) is 10. The molecule has 0 aromatic rings. The summed E-state index contributed by atoms with van der Waals surface area (Å²) in [6, 6.07) is 0. The number of hydrogen-bond donors (Lipinski definition) is 0. The van der Waals surface area contributed by atoms with Crippen LogP contribution in [0.2, 0.25) is 0 Å². The molecular formula is C25H38O10. The predicted octanol–water partition coefficient (Wildman–Crippen LogP) is 2.38. The Morgan fingerprint density at radius 2 is 0.971 bits per heavy atom. The Morgan fingerprint density at radius 1 is 0.486 bits per heavy atom. The SMILES string of the molecule is CC1(C)O[C@H]2[C@@H](O1)[C@@H](/C=C\[C@H]1O[C@H]([C@H]3COC(C)(C)O3)[C@@H]3OC(C)(C)O[C@@H]31)O[C@@H]1OC(C)(C)O[C@@H]12. The fourth-order valence-electron chi connectivity index (χ4n) is 6.01. The molecule has 0 aromatic heterocycles. The highest BCUT2D eigenvalue weighted by Crippen LogP contribution is 2.46. The maximum atomic E-state index is 6.44. The first kappa shape index (κ1) is 24.7. The highest BCUT2D eigenvalue weighted by atomic mass is 16.9. The predicted molar refractivity (Wildman–Crippen MR) is 119 cm³/mol. The second kappa shape index (κ2) is 7.92. The fraction of sp³-hybridized carbons (Fsp3) is 0.920. The lowest BCUT2D eigenvalue weighted by Crippen LogP contribution is -2.54. The summed E-state index contributed by atoms with van der Waals surface area (Å²) in [7, 11) is 0. The van der Waals surface area contributed by atoms with E-state index in [4.69, 9.17) is 47.4 Å². The van der Waals surface area contributed by atoms with Gasteiger partial charge in [-0.15, -0.1) is 0 Å². The molecule has 35 heavy (non-hydrogen) atoms. The van der Waals surface area contributed by atoms with Crippen molar-refractivity contribution >= 4 is 0 Å². The largest absolute Gasteiger partial charge is 0.362 e. The van der Waals surface area contributed by atoms with Crippen LogP contribution >= 0.6 is 0 Å². The minimum Gasteiger partial charge on any atom is -0.362 e. The van der Waals surface area contributed by atoms with Gasteiger partial charge in [-0.1, -0.05) is 12.2 Å². The van der Waals surface area contributed by atoms with Gasteiger partial charge in [0.1, 0.15) is 54.9 Å². The van der Waals surface area contributed by atoms with E-state index in [0.29, 0.717) is 6.61 Å². The third-order valence-electron chi connectivity index (χ3n) is 7.20. The van der Waals surface area contributed by atoms with Crippen molar-refractivity contribution in [3.8, 4) is 0 Å². The summed E-state index contributed by atoms with van der Waals surface area (Å²) < 4.78 is 61.7. The first-order chi connectivity index (χ1) is 16.2. The molecule has 10 heteroatoms. The Balaban J connectivity index is 1.22. The van der Waals surface area contributed by atoms with Crippen LogP contribution in [-0.2, 0) is 47.4 Å². The lowest BCUT2D eigenvalue weighted by atomic mass is 9.97. The zero-order chi connectivity index (χ0) is 25.0. The van der Waals surface area contributed by atoms with Crippen LogP contribution in [0.25, 0.3) is 0 Å². The third kappa shape index (κ3) is 4.50. The summed E-state index contributed by atoms with van der Waals surface area (Å²) in [5.41, 5.74) is 0. The van der Waals surface area contributed by atoms with Gasteiger partial charge in [0.25, 0.3) is 0 Å². The maximum Gasteiger partial charge on any atom is 0.190 e. The lowest BCUT2D eigenvalue weighted by molar-refractivity contribution is -0.222. The minimum atomic E-state index is -0.763. The molecule has 0 aliphatic carbocycles. The molecule has 0 aromatic carbocycles. The highest BCUT2D eigenvalue weighted by molar-refractivity contribution is 5.13. The molecule has 0 amide bonds. The first-order valence-electron chi connectivity index (χ1n) is 12.6. The standard InChI is InChI=1S/C25H38O10/c1-22(2)26-11-14(29-22)15-18-16(30-23(3,4)32-18)12(27-15)9-10-13-17-19(33-24(5,6)31-17)20-21(28-13)35-25(7,8)34-20/h9-10,12-21H,11H2,1-8H3/b10-9-/t12-,13-,14-,15-,16-,17+,18+,19+,20-,21-/m1/s1. The van der Waals surface area contributed by atoms with Crippen molar-refractivity contribution in [1.29, 1.82) is 0 Å². The molecule has 10 atom stereocenters. The molecule has 6 rings (SSSR count). The third-order valence-corrected chi connectivity index (χ3v) is 7.20. The van der Waals surface area contributed by atoms with E-state index in [2.05, 4.69) is 0 Å². The lowest BCUT2D eigenvalue weighted by Gasteiger charge is -2.36. The molecule has 0 N–H and O–H groups in total. The molecular weight excluding hydrogens is 460 g/mol. The smallest absolute Gasteiger partial charge is 0.190 e. The molecule has 6 aliphatic rings. The molecule has 6 saturated heterocycles. The van der Waals surface area contributed by atoms with Gasteiger partial charge in [-0.25, -0.2) is 0 Å². The summed E-state index contributed by atoms with van der Waals surface area (Å²) in [6.45, 7) is 15.6. The zero-order valence-corrected chi connectivity index (χ0v) is 21.7. The molecule has 10 nitrogen and oxygen atoms in total. The van der Waals surface area contributed by atoms with Gasteiger partial charge >= 0.3 is 0 Å². The molecule has 0 saturated carbocycles. The van der Waals surface area contributed by atoms with Crippen LogP contribution in [0, 0.1) is 0 Å². The van der Waals surface area contributed by atoms with E-state index in [1.165, 1.54) is 0 Å². The average Bonchev–Trinajstić information content (AvgIpc) is 3.46. The van der Waals surface area contributed by atoms with Crippen molar-refractivity contribution in [3.05, 3.63) is 12.2 Å². The van der Waals surface area contributed by atoms with E-state index in [0.717, 1.165) is 0 Å². The number of fused-ring (bicyclic) bond motifs is 4. The van der Waals surface area contributed by atoms with Crippen molar-refractivity contribution in [1.82, 2.24) is 0 Å². The van der Waals surface area contributed by atoms with Gasteiger partial charge in [-0.05, 0) is 55.4 Å². The second-order valence-electron chi connectivity index (χ2n) is 12.0. The van der Waals surface area contributed by atoms with E-state index >= 15 is 0 Å². The summed E-state index contributed by atoms with van der Waals surface area (Å²) in [6.07, 6.45) is 0.448. The fourth-order valence-corrected chi connectivity index (χ4v) is 6.01. The molecule has 0 spiro atoms. The molecule has 6 fully saturated rings. The van der Waals surface area contributed by atoms with Gasteiger partial charge < -0.3 is 47.4 Å². The van der Waals surface area contributed by atoms with E-state index < -0.39 is 35.5 Å². The molecule has 6 aliphatic heterocycles. The van der Waals surface area contributed by atoms with Crippen molar-refractivity contribution in [2.45, 2.75) is 140 Å². The van der Waals surface area contributed by atoms with Crippen LogP contribution in [-0.4, -0.2) is 91.0 Å². The molecule has 0 bridgehead atoms. The van der Waals surface area contributed by atoms with Crippen LogP contribution in [0.4, 0.5) is 0 Å².